The fourth-order valence-corrected chi connectivity index (χ4v) is 4.04. The van der Waals surface area contributed by atoms with E-state index >= 15 is 0 Å². The first-order valence-corrected chi connectivity index (χ1v) is 7.79. The van der Waals surface area contributed by atoms with Gasteiger partial charge in [0, 0.05) is 0 Å². The molecule has 0 amide bonds. The molecule has 2 fully saturated rings. The van der Waals surface area contributed by atoms with E-state index in [0.29, 0.717) is 11.8 Å². The van der Waals surface area contributed by atoms with Crippen LogP contribution in [-0.2, 0) is 0 Å². The van der Waals surface area contributed by atoms with E-state index < -0.39 is 0 Å². The van der Waals surface area contributed by atoms with Crippen molar-refractivity contribution in [3.8, 4) is 0 Å². The summed E-state index contributed by atoms with van der Waals surface area (Å²) in [6, 6.07) is 5.38. The van der Waals surface area contributed by atoms with Gasteiger partial charge in [-0.05, 0) is 55.0 Å². The minimum absolute atomic E-state index is 0.232. The van der Waals surface area contributed by atoms with Crippen LogP contribution in [0.4, 0.5) is 4.39 Å². The zero-order valence-corrected chi connectivity index (χ0v) is 11.9. The summed E-state index contributed by atoms with van der Waals surface area (Å²) in [5.74, 6) is 1.70. The highest BCUT2D eigenvalue weighted by Crippen LogP contribution is 2.42. The van der Waals surface area contributed by atoms with Gasteiger partial charge in [-0.15, -0.1) is 0 Å². The summed E-state index contributed by atoms with van der Waals surface area (Å²) in [6.07, 6.45) is 6.53. The van der Waals surface area contributed by atoms with Crippen LogP contribution in [0.1, 0.15) is 43.6 Å². The van der Waals surface area contributed by atoms with E-state index in [4.69, 9.17) is 11.6 Å². The Morgan fingerprint density at radius 3 is 2.68 bits per heavy atom. The maximum Gasteiger partial charge on any atom is 0.142 e. The van der Waals surface area contributed by atoms with Crippen LogP contribution in [0.2, 0.25) is 5.02 Å². The van der Waals surface area contributed by atoms with Crippen molar-refractivity contribution in [1.29, 1.82) is 0 Å². The normalized spacial score (nSPS) is 28.7. The molecule has 1 aromatic carbocycles. The standard InChI is InChI=1S/C16H21ClFN/c17-15-6-5-12(9-16(15)18)13-7-8-19-10-14(13)11-3-1-2-4-11/h5-6,9,11,13-14,19H,1-4,7-8,10H2. The molecule has 1 aliphatic heterocycles. The van der Waals surface area contributed by atoms with Crippen molar-refractivity contribution in [2.75, 3.05) is 13.1 Å². The molecule has 3 rings (SSSR count). The average molecular weight is 282 g/mol. The molecule has 1 N–H and O–H groups in total. The minimum atomic E-state index is -0.275. The van der Waals surface area contributed by atoms with Gasteiger partial charge in [-0.25, -0.2) is 4.39 Å². The van der Waals surface area contributed by atoms with E-state index in [-0.39, 0.29) is 10.8 Å². The molecular weight excluding hydrogens is 261 g/mol. The van der Waals surface area contributed by atoms with Crippen LogP contribution in [0.25, 0.3) is 0 Å². The maximum absolute atomic E-state index is 13.7. The highest BCUT2D eigenvalue weighted by atomic mass is 35.5. The van der Waals surface area contributed by atoms with Gasteiger partial charge in [0.25, 0.3) is 0 Å². The van der Waals surface area contributed by atoms with Crippen molar-refractivity contribution in [2.45, 2.75) is 38.0 Å². The van der Waals surface area contributed by atoms with Gasteiger partial charge in [-0.1, -0.05) is 43.4 Å². The second-order valence-corrected chi connectivity index (χ2v) is 6.39. The van der Waals surface area contributed by atoms with Gasteiger partial charge in [-0.3, -0.25) is 0 Å². The zero-order chi connectivity index (χ0) is 13.2. The lowest BCUT2D eigenvalue weighted by atomic mass is 9.73. The molecule has 0 radical (unpaired) electrons. The van der Waals surface area contributed by atoms with Crippen LogP contribution in [-0.4, -0.2) is 13.1 Å². The first-order chi connectivity index (χ1) is 9.25. The Kier molecular flexibility index (Phi) is 4.09. The van der Waals surface area contributed by atoms with Gasteiger partial charge in [0.05, 0.1) is 5.02 Å². The highest BCUT2D eigenvalue weighted by molar-refractivity contribution is 6.30. The number of piperidine rings is 1. The second-order valence-electron chi connectivity index (χ2n) is 5.98. The molecule has 3 heteroatoms. The Balaban J connectivity index is 1.84. The Labute approximate surface area is 119 Å². The predicted octanol–water partition coefficient (Wildman–Crippen LogP) is 4.36. The third-order valence-electron chi connectivity index (χ3n) is 4.91. The van der Waals surface area contributed by atoms with Crippen molar-refractivity contribution in [1.82, 2.24) is 5.32 Å². The third kappa shape index (κ3) is 2.80. The molecule has 2 aliphatic rings. The summed E-state index contributed by atoms with van der Waals surface area (Å²) >= 11 is 5.80. The summed E-state index contributed by atoms with van der Waals surface area (Å²) in [5.41, 5.74) is 1.14. The monoisotopic (exact) mass is 281 g/mol. The van der Waals surface area contributed by atoms with Gasteiger partial charge in [-0.2, -0.15) is 0 Å². The molecule has 0 bridgehead atoms. The molecule has 1 nitrogen and oxygen atoms in total. The van der Waals surface area contributed by atoms with Crippen LogP contribution in [0, 0.1) is 17.7 Å². The van der Waals surface area contributed by atoms with E-state index in [1.54, 1.807) is 12.1 Å². The molecule has 19 heavy (non-hydrogen) atoms. The highest BCUT2D eigenvalue weighted by Gasteiger charge is 2.34. The second kappa shape index (κ2) is 5.80. The average Bonchev–Trinajstić information content (AvgIpc) is 2.96. The fourth-order valence-electron chi connectivity index (χ4n) is 3.92. The molecular formula is C16H21ClFN. The predicted molar refractivity (Wildman–Crippen MR) is 77.1 cm³/mol. The molecule has 1 aliphatic carbocycles. The first-order valence-electron chi connectivity index (χ1n) is 7.41. The van der Waals surface area contributed by atoms with Crippen LogP contribution in [0.3, 0.4) is 0 Å². The number of hydrogen-bond donors (Lipinski definition) is 1. The molecule has 1 heterocycles. The Bertz CT molecular complexity index is 442. The van der Waals surface area contributed by atoms with Crippen LogP contribution < -0.4 is 5.32 Å². The first kappa shape index (κ1) is 13.4. The molecule has 2 atom stereocenters. The van der Waals surface area contributed by atoms with Crippen molar-refractivity contribution in [3.63, 3.8) is 0 Å². The lowest BCUT2D eigenvalue weighted by Gasteiger charge is -2.36. The molecule has 2 unspecified atom stereocenters. The number of hydrogen-bond acceptors (Lipinski definition) is 1. The molecule has 0 spiro atoms. The molecule has 0 aromatic heterocycles. The summed E-state index contributed by atoms with van der Waals surface area (Å²) < 4.78 is 13.7. The quantitative estimate of drug-likeness (QED) is 0.849. The fraction of sp³-hybridized carbons (Fsp3) is 0.625. The van der Waals surface area contributed by atoms with E-state index in [9.17, 15) is 4.39 Å². The largest absolute Gasteiger partial charge is 0.316 e. The van der Waals surface area contributed by atoms with E-state index in [0.717, 1.165) is 31.0 Å². The molecule has 1 aromatic rings. The van der Waals surface area contributed by atoms with Crippen LogP contribution >= 0.6 is 11.6 Å². The smallest absolute Gasteiger partial charge is 0.142 e. The number of rotatable bonds is 2. The molecule has 1 saturated heterocycles. The summed E-state index contributed by atoms with van der Waals surface area (Å²) in [5, 5.41) is 3.75. The number of benzene rings is 1. The lowest BCUT2D eigenvalue weighted by Crippen LogP contribution is -2.38. The van der Waals surface area contributed by atoms with E-state index in [1.807, 2.05) is 6.07 Å². The third-order valence-corrected chi connectivity index (χ3v) is 5.21. The Hall–Kier alpha value is -0.600. The number of nitrogens with one attached hydrogen (secondary N) is 1. The number of halogens is 2. The summed E-state index contributed by atoms with van der Waals surface area (Å²) in [4.78, 5) is 0. The topological polar surface area (TPSA) is 12.0 Å². The van der Waals surface area contributed by atoms with Crippen molar-refractivity contribution >= 4 is 11.6 Å². The van der Waals surface area contributed by atoms with E-state index in [2.05, 4.69) is 5.32 Å². The van der Waals surface area contributed by atoms with Gasteiger partial charge in [0.15, 0.2) is 0 Å². The van der Waals surface area contributed by atoms with Crippen LogP contribution in [0.5, 0.6) is 0 Å². The van der Waals surface area contributed by atoms with Gasteiger partial charge in [0.2, 0.25) is 0 Å². The lowest BCUT2D eigenvalue weighted by molar-refractivity contribution is 0.231. The van der Waals surface area contributed by atoms with Crippen molar-refractivity contribution in [3.05, 3.63) is 34.6 Å². The zero-order valence-electron chi connectivity index (χ0n) is 11.2. The SMILES string of the molecule is Fc1cc(C2CCNCC2C2CCCC2)ccc1Cl. The molecule has 1 saturated carbocycles. The van der Waals surface area contributed by atoms with Gasteiger partial charge in [0.1, 0.15) is 5.82 Å². The molecule has 104 valence electrons. The van der Waals surface area contributed by atoms with Gasteiger partial charge >= 0.3 is 0 Å². The minimum Gasteiger partial charge on any atom is -0.316 e. The van der Waals surface area contributed by atoms with E-state index in [1.165, 1.54) is 25.7 Å². The summed E-state index contributed by atoms with van der Waals surface area (Å²) in [7, 11) is 0. The maximum atomic E-state index is 13.7. The summed E-state index contributed by atoms with van der Waals surface area (Å²) in [6.45, 7) is 2.12. The Morgan fingerprint density at radius 2 is 1.95 bits per heavy atom. The Morgan fingerprint density at radius 1 is 1.16 bits per heavy atom. The van der Waals surface area contributed by atoms with Crippen molar-refractivity contribution < 1.29 is 4.39 Å². The van der Waals surface area contributed by atoms with Crippen LogP contribution in [0.15, 0.2) is 18.2 Å². The van der Waals surface area contributed by atoms with Gasteiger partial charge < -0.3 is 5.32 Å². The van der Waals surface area contributed by atoms with Crippen molar-refractivity contribution in [2.24, 2.45) is 11.8 Å².